The van der Waals surface area contributed by atoms with E-state index in [0.29, 0.717) is 0 Å². The number of hydrogen-bond donors (Lipinski definition) is 1. The molecule has 27 heavy (non-hydrogen) atoms. The normalized spacial score (nSPS) is 14.1. The Bertz CT molecular complexity index is 1120. The number of aromatic nitrogens is 6. The van der Waals surface area contributed by atoms with Gasteiger partial charge in [-0.05, 0) is 38.3 Å². The third-order valence-electron chi connectivity index (χ3n) is 5.49. The number of imidazole rings is 1. The van der Waals surface area contributed by atoms with Crippen LogP contribution in [-0.4, -0.2) is 29.7 Å². The summed E-state index contributed by atoms with van der Waals surface area (Å²) < 4.78 is 2.16. The van der Waals surface area contributed by atoms with Crippen LogP contribution in [0.3, 0.4) is 0 Å². The minimum absolute atomic E-state index is 0.721. The number of pyridine rings is 2. The molecular formula is C21H22N6. The minimum atomic E-state index is 0.721. The standard InChI is InChI=1S/C21H22N6/c1-13-19(14(2)27(26-13)8-6-15-3-4-15)17-9-16(10-22-11-17)18-5-7-23-21-20(18)24-12-25-21/h5,7,9-12,15H,3-4,6,8H2,1-2H3,(H,23,24,25). The van der Waals surface area contributed by atoms with E-state index in [1.807, 2.05) is 18.5 Å². The molecule has 0 saturated heterocycles. The molecule has 4 aromatic heterocycles. The summed E-state index contributed by atoms with van der Waals surface area (Å²) in [5, 5.41) is 4.79. The van der Waals surface area contributed by atoms with Crippen molar-refractivity contribution in [3.63, 3.8) is 0 Å². The van der Waals surface area contributed by atoms with Crippen LogP contribution in [0.25, 0.3) is 33.4 Å². The quantitative estimate of drug-likeness (QED) is 0.577. The van der Waals surface area contributed by atoms with E-state index in [1.165, 1.54) is 30.5 Å². The average Bonchev–Trinajstić information content (AvgIpc) is 3.30. The maximum Gasteiger partial charge on any atom is 0.178 e. The number of hydrogen-bond acceptors (Lipinski definition) is 4. The molecule has 0 aliphatic heterocycles. The molecule has 0 bridgehead atoms. The molecule has 1 saturated carbocycles. The molecule has 136 valence electrons. The zero-order valence-corrected chi connectivity index (χ0v) is 15.6. The molecule has 0 radical (unpaired) electrons. The van der Waals surface area contributed by atoms with Gasteiger partial charge in [-0.25, -0.2) is 9.97 Å². The summed E-state index contributed by atoms with van der Waals surface area (Å²) >= 11 is 0. The molecule has 1 aliphatic carbocycles. The maximum atomic E-state index is 4.79. The lowest BCUT2D eigenvalue weighted by atomic mass is 10.0. The molecule has 6 nitrogen and oxygen atoms in total. The van der Waals surface area contributed by atoms with Crippen LogP contribution in [0.4, 0.5) is 0 Å². The summed E-state index contributed by atoms with van der Waals surface area (Å²) in [5.41, 5.74) is 8.33. The van der Waals surface area contributed by atoms with Crippen molar-refractivity contribution in [3.8, 4) is 22.3 Å². The Hall–Kier alpha value is -3.02. The van der Waals surface area contributed by atoms with Gasteiger partial charge in [-0.3, -0.25) is 9.67 Å². The van der Waals surface area contributed by atoms with E-state index in [0.717, 1.165) is 46.0 Å². The average molecular weight is 358 g/mol. The number of aromatic amines is 1. The van der Waals surface area contributed by atoms with Crippen molar-refractivity contribution in [2.24, 2.45) is 5.92 Å². The van der Waals surface area contributed by atoms with E-state index < -0.39 is 0 Å². The predicted octanol–water partition coefficient (Wildman–Crippen LogP) is 4.30. The number of H-pyrrole nitrogens is 1. The molecule has 4 heterocycles. The molecule has 1 fully saturated rings. The zero-order valence-electron chi connectivity index (χ0n) is 15.6. The Kier molecular flexibility index (Phi) is 3.77. The van der Waals surface area contributed by atoms with Crippen molar-refractivity contribution in [3.05, 3.63) is 48.4 Å². The van der Waals surface area contributed by atoms with Crippen LogP contribution in [0, 0.1) is 19.8 Å². The minimum Gasteiger partial charge on any atom is -0.343 e. The molecule has 4 aromatic rings. The second-order valence-electron chi connectivity index (χ2n) is 7.42. The van der Waals surface area contributed by atoms with Crippen molar-refractivity contribution in [1.82, 2.24) is 29.7 Å². The second kappa shape index (κ2) is 6.30. The molecule has 0 unspecified atom stereocenters. The van der Waals surface area contributed by atoms with Gasteiger partial charge in [-0.1, -0.05) is 12.8 Å². The van der Waals surface area contributed by atoms with Crippen LogP contribution in [0.2, 0.25) is 0 Å². The first kappa shape index (κ1) is 16.2. The molecule has 0 aromatic carbocycles. The van der Waals surface area contributed by atoms with Gasteiger partial charge in [0.25, 0.3) is 0 Å². The van der Waals surface area contributed by atoms with Gasteiger partial charge in [0.15, 0.2) is 5.65 Å². The third kappa shape index (κ3) is 2.91. The fourth-order valence-electron chi connectivity index (χ4n) is 3.86. The number of nitrogens with one attached hydrogen (secondary N) is 1. The van der Waals surface area contributed by atoms with E-state index in [9.17, 15) is 0 Å². The van der Waals surface area contributed by atoms with Gasteiger partial charge in [-0.2, -0.15) is 5.10 Å². The molecule has 6 heteroatoms. The molecular weight excluding hydrogens is 336 g/mol. The largest absolute Gasteiger partial charge is 0.343 e. The summed E-state index contributed by atoms with van der Waals surface area (Å²) in [6, 6.07) is 4.19. The molecule has 0 atom stereocenters. The number of aryl methyl sites for hydroxylation is 2. The van der Waals surface area contributed by atoms with Crippen LogP contribution < -0.4 is 0 Å². The van der Waals surface area contributed by atoms with Crippen molar-refractivity contribution < 1.29 is 0 Å². The molecule has 1 N–H and O–H groups in total. The zero-order chi connectivity index (χ0) is 18.4. The van der Waals surface area contributed by atoms with E-state index >= 15 is 0 Å². The first-order valence-corrected chi connectivity index (χ1v) is 9.48. The molecule has 0 spiro atoms. The number of fused-ring (bicyclic) bond motifs is 1. The monoisotopic (exact) mass is 358 g/mol. The van der Waals surface area contributed by atoms with Gasteiger partial charge in [-0.15, -0.1) is 0 Å². The summed E-state index contributed by atoms with van der Waals surface area (Å²) in [4.78, 5) is 16.3. The SMILES string of the molecule is Cc1nn(CCC2CC2)c(C)c1-c1cncc(-c2ccnc3nc[nH]c23)c1. The fraction of sp³-hybridized carbons (Fsp3) is 0.333. The Morgan fingerprint density at radius 1 is 1.15 bits per heavy atom. The summed E-state index contributed by atoms with van der Waals surface area (Å²) in [5.74, 6) is 0.908. The molecule has 1 aliphatic rings. The maximum absolute atomic E-state index is 4.79. The van der Waals surface area contributed by atoms with Crippen molar-refractivity contribution in [2.45, 2.75) is 39.7 Å². The van der Waals surface area contributed by atoms with Gasteiger partial charge in [0, 0.05) is 53.1 Å². The van der Waals surface area contributed by atoms with Crippen LogP contribution >= 0.6 is 0 Å². The van der Waals surface area contributed by atoms with Crippen LogP contribution in [0.5, 0.6) is 0 Å². The summed E-state index contributed by atoms with van der Waals surface area (Å²) in [6.45, 7) is 5.25. The van der Waals surface area contributed by atoms with E-state index in [2.05, 4.69) is 44.5 Å². The van der Waals surface area contributed by atoms with E-state index in [-0.39, 0.29) is 0 Å². The highest BCUT2D eigenvalue weighted by Crippen LogP contribution is 2.34. The van der Waals surface area contributed by atoms with Gasteiger partial charge in [0.2, 0.25) is 0 Å². The van der Waals surface area contributed by atoms with Gasteiger partial charge >= 0.3 is 0 Å². The van der Waals surface area contributed by atoms with Crippen LogP contribution in [-0.2, 0) is 6.54 Å². The lowest BCUT2D eigenvalue weighted by Crippen LogP contribution is -2.03. The highest BCUT2D eigenvalue weighted by molar-refractivity contribution is 5.90. The van der Waals surface area contributed by atoms with Gasteiger partial charge in [0.05, 0.1) is 17.5 Å². The van der Waals surface area contributed by atoms with Crippen molar-refractivity contribution >= 4 is 11.2 Å². The van der Waals surface area contributed by atoms with Gasteiger partial charge < -0.3 is 4.98 Å². The number of nitrogens with zero attached hydrogens (tertiary/aromatic N) is 5. The Balaban J connectivity index is 1.55. The second-order valence-corrected chi connectivity index (χ2v) is 7.42. The topological polar surface area (TPSA) is 72.3 Å². The fourth-order valence-corrected chi connectivity index (χ4v) is 3.86. The Morgan fingerprint density at radius 3 is 2.85 bits per heavy atom. The van der Waals surface area contributed by atoms with E-state index in [4.69, 9.17) is 5.10 Å². The number of rotatable bonds is 5. The first-order valence-electron chi connectivity index (χ1n) is 9.48. The Labute approximate surface area is 157 Å². The highest BCUT2D eigenvalue weighted by Gasteiger charge is 2.22. The lowest BCUT2D eigenvalue weighted by molar-refractivity contribution is 0.533. The summed E-state index contributed by atoms with van der Waals surface area (Å²) in [6.07, 6.45) is 11.3. The highest BCUT2D eigenvalue weighted by atomic mass is 15.3. The Morgan fingerprint density at radius 2 is 2.00 bits per heavy atom. The van der Waals surface area contributed by atoms with Gasteiger partial charge in [0.1, 0.15) is 0 Å². The molecule has 5 rings (SSSR count). The van der Waals surface area contributed by atoms with Crippen molar-refractivity contribution in [2.75, 3.05) is 0 Å². The predicted molar refractivity (Wildman–Crippen MR) is 105 cm³/mol. The van der Waals surface area contributed by atoms with E-state index in [1.54, 1.807) is 12.5 Å². The smallest absolute Gasteiger partial charge is 0.178 e. The van der Waals surface area contributed by atoms with Crippen LogP contribution in [0.15, 0.2) is 37.1 Å². The van der Waals surface area contributed by atoms with Crippen LogP contribution in [0.1, 0.15) is 30.7 Å². The van der Waals surface area contributed by atoms with Crippen molar-refractivity contribution in [1.29, 1.82) is 0 Å². The molecule has 0 amide bonds. The third-order valence-corrected chi connectivity index (χ3v) is 5.49. The first-order chi connectivity index (χ1) is 13.2. The lowest BCUT2D eigenvalue weighted by Gasteiger charge is -2.08. The summed E-state index contributed by atoms with van der Waals surface area (Å²) in [7, 11) is 0.